The quantitative estimate of drug-likeness (QED) is 0.103. The molecule has 0 aromatic heterocycles. The van der Waals surface area contributed by atoms with E-state index < -0.39 is 11.9 Å². The zero-order chi connectivity index (χ0) is 27.2. The van der Waals surface area contributed by atoms with Crippen molar-refractivity contribution in [1.82, 2.24) is 0 Å². The third-order valence-corrected chi connectivity index (χ3v) is 5.78. The van der Waals surface area contributed by atoms with Crippen molar-refractivity contribution in [2.45, 2.75) is 37.5 Å². The fourth-order valence-corrected chi connectivity index (χ4v) is 4.28. The molecule has 2 aromatic rings. The van der Waals surface area contributed by atoms with Gasteiger partial charge < -0.3 is 28.4 Å². The van der Waals surface area contributed by atoms with Crippen LogP contribution < -0.4 is 28.4 Å². The highest BCUT2D eigenvalue weighted by atomic mass is 32.2. The average molecular weight is 551 g/mol. The minimum atomic E-state index is -0.619. The second-order valence-corrected chi connectivity index (χ2v) is 8.41. The van der Waals surface area contributed by atoms with Crippen molar-refractivity contribution in [3.05, 3.63) is 49.6 Å². The smallest absolute Gasteiger partial charge is 0.335 e. The molecule has 0 aliphatic rings. The Morgan fingerprint density at radius 2 is 1.00 bits per heavy atom. The normalized spacial score (nSPS) is 10.3. The van der Waals surface area contributed by atoms with Crippen LogP contribution >= 0.6 is 24.1 Å². The first kappa shape index (κ1) is 29.9. The highest BCUT2D eigenvalue weighted by Gasteiger charge is 2.22. The Balaban J connectivity index is 2.35. The second kappa shape index (κ2) is 15.7. The molecule has 0 spiro atoms. The second-order valence-electron chi connectivity index (χ2n) is 6.66. The van der Waals surface area contributed by atoms with E-state index >= 15 is 0 Å². The van der Waals surface area contributed by atoms with E-state index in [4.69, 9.17) is 32.1 Å². The van der Waals surface area contributed by atoms with Crippen molar-refractivity contribution in [2.75, 3.05) is 26.4 Å². The molecule has 0 atom stereocenters. The van der Waals surface area contributed by atoms with Gasteiger partial charge in [0.25, 0.3) is 0 Å². The van der Waals surface area contributed by atoms with E-state index in [2.05, 4.69) is 13.2 Å². The number of rotatable bonds is 16. The molecule has 0 bridgehead atoms. The van der Waals surface area contributed by atoms with Gasteiger partial charge in [-0.05, 0) is 52.0 Å². The van der Waals surface area contributed by atoms with Gasteiger partial charge >= 0.3 is 11.9 Å². The molecule has 0 unspecified atom stereocenters. The zero-order valence-electron chi connectivity index (χ0n) is 21.2. The van der Waals surface area contributed by atoms with Gasteiger partial charge in [-0.2, -0.15) is 0 Å². The summed E-state index contributed by atoms with van der Waals surface area (Å²) in [5.74, 6) is 0.471. The summed E-state index contributed by atoms with van der Waals surface area (Å²) < 4.78 is 39.5. The van der Waals surface area contributed by atoms with Crippen LogP contribution in [-0.4, -0.2) is 38.4 Å². The molecular weight excluding hydrogens is 520 g/mol. The fourth-order valence-electron chi connectivity index (χ4n) is 2.86. The van der Waals surface area contributed by atoms with Gasteiger partial charge in [0.2, 0.25) is 11.5 Å². The summed E-state index contributed by atoms with van der Waals surface area (Å²) in [4.78, 5) is 24.7. The Labute approximate surface area is 225 Å². The van der Waals surface area contributed by atoms with Gasteiger partial charge in [-0.15, -0.1) is 0 Å². The number of hydrogen-bond acceptors (Lipinski definition) is 11. The lowest BCUT2D eigenvalue weighted by Gasteiger charge is -2.18. The summed E-state index contributed by atoms with van der Waals surface area (Å²) in [6.45, 7) is 15.4. The maximum atomic E-state index is 11.8. The molecule has 0 saturated heterocycles. The topological polar surface area (TPSA) is 98.8 Å². The zero-order valence-corrected chi connectivity index (χ0v) is 22.8. The van der Waals surface area contributed by atoms with Gasteiger partial charge in [0.15, 0.2) is 23.0 Å². The number of carbonyl (C=O) groups excluding carboxylic acids is 2. The van der Waals surface area contributed by atoms with Crippen molar-refractivity contribution < 1.29 is 41.6 Å². The summed E-state index contributed by atoms with van der Waals surface area (Å²) in [6.07, 6.45) is 2.13. The number of hydrogen-bond donors (Lipinski definition) is 0. The van der Waals surface area contributed by atoms with Crippen LogP contribution in [-0.2, 0) is 13.2 Å². The van der Waals surface area contributed by atoms with E-state index in [1.54, 1.807) is 24.3 Å². The van der Waals surface area contributed by atoms with Gasteiger partial charge in [0, 0.05) is 36.2 Å². The molecule has 0 saturated carbocycles. The summed E-state index contributed by atoms with van der Waals surface area (Å²) in [5.41, 5.74) is 0. The SMILES string of the molecule is C=CC(=O)Oc1ccc(SOSc2ccc(OC(=O)C=C)c(OCC)c2OCC)c(OCC)c1OCC. The predicted molar refractivity (Wildman–Crippen MR) is 142 cm³/mol. The molecule has 0 amide bonds. The van der Waals surface area contributed by atoms with E-state index in [0.29, 0.717) is 47.7 Å². The first-order chi connectivity index (χ1) is 17.9. The lowest BCUT2D eigenvalue weighted by molar-refractivity contribution is -0.130. The van der Waals surface area contributed by atoms with Gasteiger partial charge in [0.1, 0.15) is 0 Å². The molecule has 37 heavy (non-hydrogen) atoms. The highest BCUT2D eigenvalue weighted by Crippen LogP contribution is 2.49. The van der Waals surface area contributed by atoms with Gasteiger partial charge in [-0.3, -0.25) is 0 Å². The van der Waals surface area contributed by atoms with Crippen molar-refractivity contribution in [1.29, 1.82) is 0 Å². The maximum absolute atomic E-state index is 11.8. The lowest BCUT2D eigenvalue weighted by Crippen LogP contribution is -2.07. The van der Waals surface area contributed by atoms with Crippen LogP contribution in [0, 0.1) is 0 Å². The van der Waals surface area contributed by atoms with Gasteiger partial charge in [0.05, 0.1) is 36.2 Å². The Hall–Kier alpha value is -3.28. The summed E-state index contributed by atoms with van der Waals surface area (Å²) in [5, 5.41) is 0. The van der Waals surface area contributed by atoms with E-state index in [0.717, 1.165) is 36.2 Å². The van der Waals surface area contributed by atoms with Crippen LogP contribution in [0.15, 0.2) is 59.4 Å². The van der Waals surface area contributed by atoms with Crippen LogP contribution in [0.1, 0.15) is 27.7 Å². The first-order valence-corrected chi connectivity index (χ1v) is 13.0. The molecule has 9 nitrogen and oxygen atoms in total. The fraction of sp³-hybridized carbons (Fsp3) is 0.308. The van der Waals surface area contributed by atoms with Crippen LogP contribution in [0.4, 0.5) is 0 Å². The Bertz CT molecular complexity index is 1020. The minimum Gasteiger partial charge on any atom is -0.489 e. The van der Waals surface area contributed by atoms with Crippen molar-refractivity contribution in [3.63, 3.8) is 0 Å². The number of benzene rings is 2. The van der Waals surface area contributed by atoms with E-state index in [9.17, 15) is 9.59 Å². The van der Waals surface area contributed by atoms with Crippen LogP contribution in [0.3, 0.4) is 0 Å². The molecule has 2 aromatic carbocycles. The highest BCUT2D eigenvalue weighted by molar-refractivity contribution is 8.08. The predicted octanol–water partition coefficient (Wildman–Crippen LogP) is 6.20. The molecule has 0 radical (unpaired) electrons. The molecule has 200 valence electrons. The Kier molecular flexibility index (Phi) is 12.7. The third-order valence-electron chi connectivity index (χ3n) is 4.24. The van der Waals surface area contributed by atoms with Gasteiger partial charge in [-0.25, -0.2) is 13.2 Å². The summed E-state index contributed by atoms with van der Waals surface area (Å²) in [7, 11) is 0. The number of esters is 2. The van der Waals surface area contributed by atoms with E-state index in [1.165, 1.54) is 0 Å². The monoisotopic (exact) mass is 550 g/mol. The summed E-state index contributed by atoms with van der Waals surface area (Å²) in [6, 6.07) is 6.56. The van der Waals surface area contributed by atoms with Crippen molar-refractivity contribution in [3.8, 4) is 34.5 Å². The van der Waals surface area contributed by atoms with Crippen molar-refractivity contribution >= 4 is 36.0 Å². The molecular formula is C26H30O9S2. The average Bonchev–Trinajstić information content (AvgIpc) is 2.89. The largest absolute Gasteiger partial charge is 0.489 e. The molecule has 0 aliphatic heterocycles. The number of ether oxygens (including phenoxy) is 6. The maximum Gasteiger partial charge on any atom is 0.335 e. The Morgan fingerprint density at radius 1 is 0.649 bits per heavy atom. The molecule has 0 heterocycles. The molecule has 0 aliphatic carbocycles. The van der Waals surface area contributed by atoms with E-state index in [-0.39, 0.29) is 23.0 Å². The first-order valence-electron chi connectivity index (χ1n) is 11.5. The molecule has 11 heteroatoms. The molecule has 2 rings (SSSR count). The van der Waals surface area contributed by atoms with Crippen LogP contribution in [0.25, 0.3) is 0 Å². The molecule has 0 fully saturated rings. The third kappa shape index (κ3) is 8.38. The van der Waals surface area contributed by atoms with Crippen LogP contribution in [0.2, 0.25) is 0 Å². The Morgan fingerprint density at radius 3 is 1.32 bits per heavy atom. The van der Waals surface area contributed by atoms with Crippen LogP contribution in [0.5, 0.6) is 34.5 Å². The van der Waals surface area contributed by atoms with Gasteiger partial charge in [-0.1, -0.05) is 13.2 Å². The minimum absolute atomic E-state index is 0.205. The van der Waals surface area contributed by atoms with E-state index in [1.807, 2.05) is 27.7 Å². The number of carbonyl (C=O) groups is 2. The summed E-state index contributed by atoms with van der Waals surface area (Å²) >= 11 is 2.04. The molecule has 0 N–H and O–H groups in total. The standard InChI is InChI=1S/C26H30O9S2/c1-7-21(27)33-17-13-15-19(25(31-11-5)23(17)29-9-3)36-35-37-20-16-14-18(34-22(28)8-2)24(30-10-4)26(20)32-12-6/h7-8,13-16H,1-2,9-12H2,3-6H3. The van der Waals surface area contributed by atoms with Crippen molar-refractivity contribution in [2.24, 2.45) is 0 Å². The lowest BCUT2D eigenvalue weighted by atomic mass is 10.3.